The van der Waals surface area contributed by atoms with Gasteiger partial charge in [0.05, 0.1) is 17.4 Å². The first kappa shape index (κ1) is 14.9. The van der Waals surface area contributed by atoms with Crippen molar-refractivity contribution in [3.63, 3.8) is 0 Å². The number of aliphatic hydroxyl groups excluding tert-OH is 1. The fraction of sp³-hybridized carbons (Fsp3) is 0.133. The van der Waals surface area contributed by atoms with E-state index in [0.717, 1.165) is 10.5 Å². The van der Waals surface area contributed by atoms with Crippen molar-refractivity contribution in [1.29, 1.82) is 0 Å². The third kappa shape index (κ3) is 4.27. The van der Waals surface area contributed by atoms with Crippen LogP contribution in [0.2, 0.25) is 5.02 Å². The Morgan fingerprint density at radius 2 is 1.85 bits per heavy atom. The average molecular weight is 308 g/mol. The molecule has 0 saturated carbocycles. The highest BCUT2D eigenvalue weighted by Crippen LogP contribution is 2.26. The van der Waals surface area contributed by atoms with E-state index in [1.165, 1.54) is 11.8 Å². The highest BCUT2D eigenvalue weighted by Gasteiger charge is 2.06. The molecule has 2 aromatic carbocycles. The van der Waals surface area contributed by atoms with Crippen molar-refractivity contribution >= 4 is 35.0 Å². The molecule has 0 bridgehead atoms. The maximum Gasteiger partial charge on any atom is 0.234 e. The molecule has 0 spiro atoms. The molecule has 0 fully saturated rings. The van der Waals surface area contributed by atoms with Crippen LogP contribution < -0.4 is 5.32 Å². The molecule has 2 aromatic rings. The van der Waals surface area contributed by atoms with Gasteiger partial charge in [-0.3, -0.25) is 4.79 Å². The summed E-state index contributed by atoms with van der Waals surface area (Å²) in [5.41, 5.74) is 1.53. The molecule has 0 aromatic heterocycles. The standard InChI is InChI=1S/C15H14ClNO2S/c16-13-3-1-2-4-14(13)20-10-15(19)17-12-7-5-11(9-18)6-8-12/h1-8,18H,9-10H2,(H,17,19). The summed E-state index contributed by atoms with van der Waals surface area (Å²) in [4.78, 5) is 12.7. The average Bonchev–Trinajstić information content (AvgIpc) is 2.47. The van der Waals surface area contributed by atoms with Gasteiger partial charge >= 0.3 is 0 Å². The number of aliphatic hydroxyl groups is 1. The van der Waals surface area contributed by atoms with Crippen LogP contribution in [0.3, 0.4) is 0 Å². The second-order valence-electron chi connectivity index (χ2n) is 4.12. The maximum absolute atomic E-state index is 11.8. The zero-order valence-corrected chi connectivity index (χ0v) is 12.2. The lowest BCUT2D eigenvalue weighted by molar-refractivity contribution is -0.113. The predicted molar refractivity (Wildman–Crippen MR) is 83.2 cm³/mol. The van der Waals surface area contributed by atoms with Gasteiger partial charge in [0.2, 0.25) is 5.91 Å². The highest BCUT2D eigenvalue weighted by atomic mass is 35.5. The SMILES string of the molecule is O=C(CSc1ccccc1Cl)Nc1ccc(CO)cc1. The molecule has 0 heterocycles. The van der Waals surface area contributed by atoms with Crippen LogP contribution in [-0.4, -0.2) is 16.8 Å². The molecule has 104 valence electrons. The summed E-state index contributed by atoms with van der Waals surface area (Å²) < 4.78 is 0. The third-order valence-electron chi connectivity index (χ3n) is 2.62. The van der Waals surface area contributed by atoms with Crippen molar-refractivity contribution < 1.29 is 9.90 Å². The van der Waals surface area contributed by atoms with E-state index in [2.05, 4.69) is 5.32 Å². The summed E-state index contributed by atoms with van der Waals surface area (Å²) in [5.74, 6) is 0.206. The quantitative estimate of drug-likeness (QED) is 0.830. The summed E-state index contributed by atoms with van der Waals surface area (Å²) in [6, 6.07) is 14.5. The van der Waals surface area contributed by atoms with Gasteiger partial charge in [0.1, 0.15) is 0 Å². The van der Waals surface area contributed by atoms with E-state index in [1.807, 2.05) is 18.2 Å². The van der Waals surface area contributed by atoms with E-state index in [9.17, 15) is 4.79 Å². The molecule has 20 heavy (non-hydrogen) atoms. The maximum atomic E-state index is 11.8. The Kier molecular flexibility index (Phi) is 5.47. The second-order valence-corrected chi connectivity index (χ2v) is 5.55. The number of carbonyl (C=O) groups excluding carboxylic acids is 1. The Balaban J connectivity index is 1.87. The molecule has 2 rings (SSSR count). The van der Waals surface area contributed by atoms with Crippen LogP contribution in [0.5, 0.6) is 0 Å². The summed E-state index contributed by atoms with van der Waals surface area (Å²) in [7, 11) is 0. The Bertz CT molecular complexity index is 587. The summed E-state index contributed by atoms with van der Waals surface area (Å²) >= 11 is 7.42. The fourth-order valence-corrected chi connectivity index (χ4v) is 2.63. The molecule has 3 nitrogen and oxygen atoms in total. The Hall–Kier alpha value is -1.49. The summed E-state index contributed by atoms with van der Waals surface area (Å²) in [6.45, 7) is -0.00339. The van der Waals surface area contributed by atoms with Gasteiger partial charge in [-0.1, -0.05) is 35.9 Å². The number of anilines is 1. The van der Waals surface area contributed by atoms with Crippen molar-refractivity contribution in [3.05, 3.63) is 59.1 Å². The first-order valence-electron chi connectivity index (χ1n) is 6.06. The van der Waals surface area contributed by atoms with E-state index in [0.29, 0.717) is 16.5 Å². The summed E-state index contributed by atoms with van der Waals surface area (Å²) in [5, 5.41) is 12.4. The largest absolute Gasteiger partial charge is 0.392 e. The minimum absolute atomic E-state index is 0.00339. The molecule has 0 saturated heterocycles. The minimum atomic E-state index is -0.0910. The topological polar surface area (TPSA) is 49.3 Å². The highest BCUT2D eigenvalue weighted by molar-refractivity contribution is 8.00. The van der Waals surface area contributed by atoms with Gasteiger partial charge in [0.25, 0.3) is 0 Å². The fourth-order valence-electron chi connectivity index (χ4n) is 1.60. The zero-order valence-electron chi connectivity index (χ0n) is 10.7. The van der Waals surface area contributed by atoms with Gasteiger partial charge in [-0.05, 0) is 29.8 Å². The van der Waals surface area contributed by atoms with E-state index in [-0.39, 0.29) is 12.5 Å². The van der Waals surface area contributed by atoms with Crippen LogP contribution in [0.25, 0.3) is 0 Å². The van der Waals surface area contributed by atoms with Crippen LogP contribution >= 0.6 is 23.4 Å². The Morgan fingerprint density at radius 1 is 1.15 bits per heavy atom. The summed E-state index contributed by atoms with van der Waals surface area (Å²) in [6.07, 6.45) is 0. The van der Waals surface area contributed by atoms with Crippen molar-refractivity contribution in [1.82, 2.24) is 0 Å². The number of nitrogens with one attached hydrogen (secondary N) is 1. The molecule has 0 atom stereocenters. The third-order valence-corrected chi connectivity index (χ3v) is 4.13. The van der Waals surface area contributed by atoms with Crippen molar-refractivity contribution in [3.8, 4) is 0 Å². The molecule has 0 radical (unpaired) electrons. The van der Waals surface area contributed by atoms with Gasteiger partial charge in [-0.25, -0.2) is 0 Å². The van der Waals surface area contributed by atoms with Crippen LogP contribution in [0.4, 0.5) is 5.69 Å². The van der Waals surface area contributed by atoms with Crippen LogP contribution in [0.1, 0.15) is 5.56 Å². The number of hydrogen-bond donors (Lipinski definition) is 2. The minimum Gasteiger partial charge on any atom is -0.392 e. The predicted octanol–water partition coefficient (Wildman–Crippen LogP) is 3.56. The number of benzene rings is 2. The van der Waals surface area contributed by atoms with Crippen LogP contribution in [0.15, 0.2) is 53.4 Å². The number of rotatable bonds is 5. The first-order valence-corrected chi connectivity index (χ1v) is 7.42. The van der Waals surface area contributed by atoms with Gasteiger partial charge < -0.3 is 10.4 Å². The van der Waals surface area contributed by atoms with Crippen LogP contribution in [-0.2, 0) is 11.4 Å². The van der Waals surface area contributed by atoms with Gasteiger partial charge in [0.15, 0.2) is 0 Å². The zero-order chi connectivity index (χ0) is 14.4. The Labute approximate surface area is 127 Å². The second kappa shape index (κ2) is 7.33. The number of hydrogen-bond acceptors (Lipinski definition) is 3. The molecule has 0 unspecified atom stereocenters. The molecule has 2 N–H and O–H groups in total. The molecular weight excluding hydrogens is 294 g/mol. The number of amides is 1. The monoisotopic (exact) mass is 307 g/mol. The van der Waals surface area contributed by atoms with Crippen molar-refractivity contribution in [2.24, 2.45) is 0 Å². The number of thioether (sulfide) groups is 1. The smallest absolute Gasteiger partial charge is 0.234 e. The van der Waals surface area contributed by atoms with Gasteiger partial charge in [-0.2, -0.15) is 0 Å². The number of carbonyl (C=O) groups is 1. The molecular formula is C15H14ClNO2S. The van der Waals surface area contributed by atoms with E-state index < -0.39 is 0 Å². The van der Waals surface area contributed by atoms with E-state index in [4.69, 9.17) is 16.7 Å². The van der Waals surface area contributed by atoms with Gasteiger partial charge in [-0.15, -0.1) is 11.8 Å². The Morgan fingerprint density at radius 3 is 2.50 bits per heavy atom. The number of halogens is 1. The van der Waals surface area contributed by atoms with Gasteiger partial charge in [0, 0.05) is 10.6 Å². The first-order chi connectivity index (χ1) is 9.69. The van der Waals surface area contributed by atoms with Crippen molar-refractivity contribution in [2.75, 3.05) is 11.1 Å². The molecule has 0 aliphatic heterocycles. The molecule has 1 amide bonds. The lowest BCUT2D eigenvalue weighted by Crippen LogP contribution is -2.13. The van der Waals surface area contributed by atoms with E-state index >= 15 is 0 Å². The van der Waals surface area contributed by atoms with Crippen LogP contribution in [0, 0.1) is 0 Å². The lowest BCUT2D eigenvalue weighted by atomic mass is 10.2. The lowest BCUT2D eigenvalue weighted by Gasteiger charge is -2.06. The molecule has 0 aliphatic rings. The molecule has 0 aliphatic carbocycles. The molecule has 5 heteroatoms. The van der Waals surface area contributed by atoms with E-state index in [1.54, 1.807) is 30.3 Å². The van der Waals surface area contributed by atoms with Crippen molar-refractivity contribution in [2.45, 2.75) is 11.5 Å². The normalized spacial score (nSPS) is 10.3.